The van der Waals surface area contributed by atoms with Crippen LogP contribution in [0.1, 0.15) is 25.7 Å². The molecular weight excluding hydrogens is 288 g/mol. The molecule has 0 bridgehead atoms. The van der Waals surface area contributed by atoms with Crippen LogP contribution in [0.3, 0.4) is 0 Å². The Morgan fingerprint density at radius 3 is 2.61 bits per heavy atom. The van der Waals surface area contributed by atoms with Gasteiger partial charge in [0.05, 0.1) is 10.9 Å². The zero-order chi connectivity index (χ0) is 15.6. The molecule has 0 unspecified atom stereocenters. The quantitative estimate of drug-likeness (QED) is 0.944. The molecule has 2 fully saturated rings. The second-order valence-corrected chi connectivity index (χ2v) is 6.84. The first-order chi connectivity index (χ1) is 11.3. The van der Waals surface area contributed by atoms with E-state index in [4.69, 9.17) is 0 Å². The van der Waals surface area contributed by atoms with Gasteiger partial charge in [0.25, 0.3) is 5.56 Å². The predicted octanol–water partition coefficient (Wildman–Crippen LogP) is 2.24. The number of fused-ring (bicyclic) bond motifs is 1. The molecule has 1 aromatic heterocycles. The Morgan fingerprint density at radius 1 is 1.09 bits per heavy atom. The number of H-pyrrole nitrogens is 1. The van der Waals surface area contributed by atoms with E-state index in [1.807, 2.05) is 24.3 Å². The lowest BCUT2D eigenvalue weighted by atomic mass is 9.96. The zero-order valence-electron chi connectivity index (χ0n) is 13.5. The van der Waals surface area contributed by atoms with Crippen molar-refractivity contribution in [2.75, 3.05) is 37.6 Å². The van der Waals surface area contributed by atoms with Gasteiger partial charge in [-0.25, -0.2) is 4.98 Å². The fourth-order valence-electron chi connectivity index (χ4n) is 3.88. The van der Waals surface area contributed by atoms with Crippen LogP contribution < -0.4 is 10.5 Å². The highest BCUT2D eigenvalue weighted by atomic mass is 16.1. The van der Waals surface area contributed by atoms with E-state index in [1.54, 1.807) is 0 Å². The van der Waals surface area contributed by atoms with E-state index in [9.17, 15) is 4.79 Å². The topological polar surface area (TPSA) is 52.2 Å². The van der Waals surface area contributed by atoms with Crippen molar-refractivity contribution >= 4 is 16.9 Å². The van der Waals surface area contributed by atoms with Gasteiger partial charge in [-0.15, -0.1) is 0 Å². The highest BCUT2D eigenvalue weighted by Crippen LogP contribution is 2.23. The summed E-state index contributed by atoms with van der Waals surface area (Å²) in [6.45, 7) is 5.77. The van der Waals surface area contributed by atoms with E-state index in [1.165, 1.54) is 45.3 Å². The Kier molecular flexibility index (Phi) is 4.04. The molecule has 2 saturated heterocycles. The summed E-state index contributed by atoms with van der Waals surface area (Å²) in [5.74, 6) is 1.52. The van der Waals surface area contributed by atoms with Crippen molar-refractivity contribution < 1.29 is 0 Å². The Bertz CT molecular complexity index is 727. The second kappa shape index (κ2) is 6.32. The van der Waals surface area contributed by atoms with Gasteiger partial charge in [-0.2, -0.15) is 0 Å². The van der Waals surface area contributed by atoms with Crippen molar-refractivity contribution in [3.63, 3.8) is 0 Å². The standard InChI is InChI=1S/C18H24N4O/c23-17-15-5-1-2-6-16(15)19-18(20-17)22-11-7-14(8-12-22)13-21-9-3-4-10-21/h1-2,5-6,14H,3-4,7-13H2,(H,19,20,23). The number of para-hydroxylation sites is 1. The molecule has 5 nitrogen and oxygen atoms in total. The van der Waals surface area contributed by atoms with Crippen molar-refractivity contribution in [1.29, 1.82) is 0 Å². The average molecular weight is 312 g/mol. The molecular formula is C18H24N4O. The number of rotatable bonds is 3. The maximum Gasteiger partial charge on any atom is 0.260 e. The molecule has 0 aliphatic carbocycles. The first kappa shape index (κ1) is 14.7. The van der Waals surface area contributed by atoms with Gasteiger partial charge in [-0.05, 0) is 56.8 Å². The number of likely N-dealkylation sites (tertiary alicyclic amines) is 1. The molecule has 2 aliphatic heterocycles. The summed E-state index contributed by atoms with van der Waals surface area (Å²) in [5.41, 5.74) is 0.746. The predicted molar refractivity (Wildman–Crippen MR) is 93.0 cm³/mol. The smallest absolute Gasteiger partial charge is 0.260 e. The monoisotopic (exact) mass is 312 g/mol. The normalized spacial score (nSPS) is 20.4. The van der Waals surface area contributed by atoms with Crippen LogP contribution in [0.2, 0.25) is 0 Å². The van der Waals surface area contributed by atoms with Gasteiger partial charge in [-0.1, -0.05) is 12.1 Å². The van der Waals surface area contributed by atoms with E-state index in [-0.39, 0.29) is 5.56 Å². The Balaban J connectivity index is 1.44. The van der Waals surface area contributed by atoms with Crippen LogP contribution >= 0.6 is 0 Å². The molecule has 0 spiro atoms. The third kappa shape index (κ3) is 3.11. The van der Waals surface area contributed by atoms with Gasteiger partial charge in [0.15, 0.2) is 0 Å². The summed E-state index contributed by atoms with van der Waals surface area (Å²) >= 11 is 0. The maximum absolute atomic E-state index is 12.2. The van der Waals surface area contributed by atoms with E-state index in [0.29, 0.717) is 5.39 Å². The van der Waals surface area contributed by atoms with Crippen LogP contribution in [-0.4, -0.2) is 47.6 Å². The molecule has 4 rings (SSSR count). The lowest BCUT2D eigenvalue weighted by Crippen LogP contribution is -2.39. The number of benzene rings is 1. The largest absolute Gasteiger partial charge is 0.342 e. The minimum atomic E-state index is -0.0372. The minimum Gasteiger partial charge on any atom is -0.342 e. The van der Waals surface area contributed by atoms with Crippen molar-refractivity contribution in [2.24, 2.45) is 5.92 Å². The molecule has 0 atom stereocenters. The molecule has 2 aromatic rings. The third-order valence-electron chi connectivity index (χ3n) is 5.23. The van der Waals surface area contributed by atoms with Crippen LogP contribution in [-0.2, 0) is 0 Å². The molecule has 1 N–H and O–H groups in total. The van der Waals surface area contributed by atoms with Crippen molar-refractivity contribution in [3.05, 3.63) is 34.6 Å². The average Bonchev–Trinajstić information content (AvgIpc) is 3.08. The molecule has 2 aliphatic rings. The number of aromatic nitrogens is 2. The van der Waals surface area contributed by atoms with Gasteiger partial charge >= 0.3 is 0 Å². The van der Waals surface area contributed by atoms with E-state index in [2.05, 4.69) is 19.8 Å². The number of nitrogens with one attached hydrogen (secondary N) is 1. The number of hydrogen-bond acceptors (Lipinski definition) is 4. The Labute approximate surface area is 136 Å². The number of anilines is 1. The lowest BCUT2D eigenvalue weighted by Gasteiger charge is -2.34. The molecule has 1 aromatic carbocycles. The number of piperidine rings is 1. The van der Waals surface area contributed by atoms with Crippen LogP contribution in [0.4, 0.5) is 5.95 Å². The zero-order valence-corrected chi connectivity index (χ0v) is 13.5. The highest BCUT2D eigenvalue weighted by Gasteiger charge is 2.24. The summed E-state index contributed by atoms with van der Waals surface area (Å²) in [7, 11) is 0. The van der Waals surface area contributed by atoms with Gasteiger partial charge < -0.3 is 9.80 Å². The van der Waals surface area contributed by atoms with Crippen molar-refractivity contribution in [1.82, 2.24) is 14.9 Å². The maximum atomic E-state index is 12.2. The van der Waals surface area contributed by atoms with E-state index >= 15 is 0 Å². The molecule has 5 heteroatoms. The van der Waals surface area contributed by atoms with Crippen LogP contribution in [0.25, 0.3) is 10.9 Å². The molecule has 3 heterocycles. The number of nitrogens with zero attached hydrogens (tertiary/aromatic N) is 3. The minimum absolute atomic E-state index is 0.0372. The molecule has 122 valence electrons. The van der Waals surface area contributed by atoms with Gasteiger partial charge in [-0.3, -0.25) is 9.78 Å². The Morgan fingerprint density at radius 2 is 1.83 bits per heavy atom. The SMILES string of the molecule is O=c1[nH]c(N2CCC(CN3CCCC3)CC2)nc2ccccc12. The summed E-state index contributed by atoms with van der Waals surface area (Å²) in [6.07, 6.45) is 5.10. The number of aromatic amines is 1. The summed E-state index contributed by atoms with van der Waals surface area (Å²) in [4.78, 5) is 24.7. The molecule has 0 amide bonds. The first-order valence-corrected chi connectivity index (χ1v) is 8.76. The summed E-state index contributed by atoms with van der Waals surface area (Å²) in [6, 6.07) is 7.55. The van der Waals surface area contributed by atoms with E-state index < -0.39 is 0 Å². The highest BCUT2D eigenvalue weighted by molar-refractivity contribution is 5.78. The Hall–Kier alpha value is -1.88. The van der Waals surface area contributed by atoms with Crippen molar-refractivity contribution in [3.8, 4) is 0 Å². The van der Waals surface area contributed by atoms with Gasteiger partial charge in [0.1, 0.15) is 0 Å². The van der Waals surface area contributed by atoms with Crippen LogP contribution in [0, 0.1) is 5.92 Å². The second-order valence-electron chi connectivity index (χ2n) is 6.84. The van der Waals surface area contributed by atoms with E-state index in [0.717, 1.165) is 30.5 Å². The van der Waals surface area contributed by atoms with Crippen LogP contribution in [0.5, 0.6) is 0 Å². The fourth-order valence-corrected chi connectivity index (χ4v) is 3.88. The lowest BCUT2D eigenvalue weighted by molar-refractivity contribution is 0.249. The molecule has 23 heavy (non-hydrogen) atoms. The molecule has 0 radical (unpaired) electrons. The first-order valence-electron chi connectivity index (χ1n) is 8.76. The van der Waals surface area contributed by atoms with Crippen LogP contribution in [0.15, 0.2) is 29.1 Å². The van der Waals surface area contributed by atoms with Gasteiger partial charge in [0, 0.05) is 19.6 Å². The summed E-state index contributed by atoms with van der Waals surface area (Å²) in [5, 5.41) is 0.667. The summed E-state index contributed by atoms with van der Waals surface area (Å²) < 4.78 is 0. The van der Waals surface area contributed by atoms with Gasteiger partial charge in [0.2, 0.25) is 5.95 Å². The number of hydrogen-bond donors (Lipinski definition) is 1. The molecule has 0 saturated carbocycles. The third-order valence-corrected chi connectivity index (χ3v) is 5.23. The van der Waals surface area contributed by atoms with Crippen molar-refractivity contribution in [2.45, 2.75) is 25.7 Å². The fraction of sp³-hybridized carbons (Fsp3) is 0.556.